The highest BCUT2D eigenvalue weighted by atomic mass is 35.5. The fraction of sp³-hybridized carbons (Fsp3) is 0.130. The highest BCUT2D eigenvalue weighted by molar-refractivity contribution is 6.30. The Hall–Kier alpha value is -3.11. The molecule has 1 aliphatic rings. The van der Waals surface area contributed by atoms with Gasteiger partial charge in [0.1, 0.15) is 6.04 Å². The van der Waals surface area contributed by atoms with Crippen LogP contribution in [-0.4, -0.2) is 17.9 Å². The molecule has 1 aliphatic heterocycles. The number of benzene rings is 3. The van der Waals surface area contributed by atoms with Crippen molar-refractivity contribution < 1.29 is 9.59 Å². The van der Waals surface area contributed by atoms with Gasteiger partial charge in [-0.25, -0.2) is 0 Å². The highest BCUT2D eigenvalue weighted by Crippen LogP contribution is 2.37. The van der Waals surface area contributed by atoms with E-state index in [1.54, 1.807) is 28.9 Å². The van der Waals surface area contributed by atoms with Crippen molar-refractivity contribution in [2.45, 2.75) is 19.5 Å². The van der Waals surface area contributed by atoms with Gasteiger partial charge in [-0.05, 0) is 48.9 Å². The SMILES string of the molecule is CC1C(=O)N(Cc2ccc(Cl)cc2)c2ccccc2N1C(=O)c1ccccc1. The van der Waals surface area contributed by atoms with E-state index in [9.17, 15) is 9.59 Å². The van der Waals surface area contributed by atoms with Crippen molar-refractivity contribution in [2.75, 3.05) is 9.80 Å². The van der Waals surface area contributed by atoms with Crippen LogP contribution in [0.1, 0.15) is 22.8 Å². The van der Waals surface area contributed by atoms with Crippen LogP contribution in [0.25, 0.3) is 0 Å². The summed E-state index contributed by atoms with van der Waals surface area (Å²) in [4.78, 5) is 29.7. The molecule has 4 nitrogen and oxygen atoms in total. The summed E-state index contributed by atoms with van der Waals surface area (Å²) in [5.74, 6) is -0.294. The molecule has 140 valence electrons. The molecule has 3 aromatic rings. The van der Waals surface area contributed by atoms with Gasteiger partial charge in [-0.15, -0.1) is 0 Å². The number of hydrogen-bond donors (Lipinski definition) is 0. The van der Waals surface area contributed by atoms with Gasteiger partial charge in [0.2, 0.25) is 5.91 Å². The molecular weight excluding hydrogens is 372 g/mol. The standard InChI is InChI=1S/C23H19ClN2O2/c1-16-22(27)25(15-17-11-13-19(24)14-12-17)20-9-5-6-10-21(20)26(16)23(28)18-7-3-2-4-8-18/h2-14,16H,15H2,1H3. The molecule has 0 radical (unpaired) electrons. The van der Waals surface area contributed by atoms with Gasteiger partial charge in [0, 0.05) is 10.6 Å². The summed E-state index contributed by atoms with van der Waals surface area (Å²) in [6.45, 7) is 2.19. The van der Waals surface area contributed by atoms with Crippen molar-refractivity contribution in [3.05, 3.63) is 95.0 Å². The molecule has 0 spiro atoms. The lowest BCUT2D eigenvalue weighted by Gasteiger charge is -2.40. The molecule has 2 amide bonds. The molecule has 0 saturated carbocycles. The summed E-state index contributed by atoms with van der Waals surface area (Å²) in [7, 11) is 0. The number of nitrogens with zero attached hydrogens (tertiary/aromatic N) is 2. The Labute approximate surface area is 169 Å². The average Bonchev–Trinajstić information content (AvgIpc) is 2.73. The van der Waals surface area contributed by atoms with Crippen LogP contribution < -0.4 is 9.80 Å². The van der Waals surface area contributed by atoms with E-state index in [1.807, 2.05) is 66.7 Å². The van der Waals surface area contributed by atoms with Gasteiger partial charge < -0.3 is 4.90 Å². The second-order valence-corrected chi connectivity index (χ2v) is 7.19. The number of fused-ring (bicyclic) bond motifs is 1. The topological polar surface area (TPSA) is 40.6 Å². The van der Waals surface area contributed by atoms with E-state index >= 15 is 0 Å². The highest BCUT2D eigenvalue weighted by Gasteiger charge is 2.38. The molecule has 5 heteroatoms. The molecule has 28 heavy (non-hydrogen) atoms. The normalized spacial score (nSPS) is 16.1. The Morgan fingerprint density at radius 2 is 1.50 bits per heavy atom. The van der Waals surface area contributed by atoms with E-state index in [1.165, 1.54) is 0 Å². The summed E-state index contributed by atoms with van der Waals surface area (Å²) in [5, 5.41) is 0.655. The van der Waals surface area contributed by atoms with E-state index in [-0.39, 0.29) is 11.8 Å². The molecule has 0 saturated heterocycles. The second kappa shape index (κ2) is 7.49. The summed E-state index contributed by atoms with van der Waals surface area (Å²) in [6, 6.07) is 23.4. The number of hydrogen-bond acceptors (Lipinski definition) is 2. The third-order valence-corrected chi connectivity index (χ3v) is 5.19. The summed E-state index contributed by atoms with van der Waals surface area (Å²) in [5.41, 5.74) is 2.99. The zero-order valence-corrected chi connectivity index (χ0v) is 16.1. The van der Waals surface area contributed by atoms with Crippen molar-refractivity contribution >= 4 is 34.8 Å². The number of rotatable bonds is 3. The fourth-order valence-corrected chi connectivity index (χ4v) is 3.63. The van der Waals surface area contributed by atoms with Crippen LogP contribution in [-0.2, 0) is 11.3 Å². The number of halogens is 1. The summed E-state index contributed by atoms with van der Waals surface area (Å²) >= 11 is 5.97. The van der Waals surface area contributed by atoms with Gasteiger partial charge >= 0.3 is 0 Å². The molecule has 0 fully saturated rings. The minimum atomic E-state index is -0.602. The lowest BCUT2D eigenvalue weighted by atomic mass is 10.0. The second-order valence-electron chi connectivity index (χ2n) is 6.76. The Morgan fingerprint density at radius 1 is 0.893 bits per heavy atom. The first kappa shape index (κ1) is 18.3. The minimum Gasteiger partial charge on any atom is -0.304 e. The fourth-order valence-electron chi connectivity index (χ4n) is 3.50. The van der Waals surface area contributed by atoms with Crippen molar-refractivity contribution in [1.29, 1.82) is 0 Å². The van der Waals surface area contributed by atoms with E-state index in [2.05, 4.69) is 0 Å². The van der Waals surface area contributed by atoms with Crippen LogP contribution in [0.4, 0.5) is 11.4 Å². The van der Waals surface area contributed by atoms with Crippen LogP contribution in [0.3, 0.4) is 0 Å². The Bertz CT molecular complexity index is 1020. The van der Waals surface area contributed by atoms with Gasteiger partial charge in [0.25, 0.3) is 5.91 Å². The van der Waals surface area contributed by atoms with Gasteiger partial charge in [0.05, 0.1) is 17.9 Å². The average molecular weight is 391 g/mol. The van der Waals surface area contributed by atoms with Crippen molar-refractivity contribution in [3.63, 3.8) is 0 Å². The van der Waals surface area contributed by atoms with E-state index in [0.717, 1.165) is 16.9 Å². The predicted octanol–water partition coefficient (Wildman–Crippen LogP) is 4.92. The van der Waals surface area contributed by atoms with Crippen LogP contribution >= 0.6 is 11.6 Å². The Morgan fingerprint density at radius 3 is 2.18 bits per heavy atom. The van der Waals surface area contributed by atoms with Crippen LogP contribution in [0.15, 0.2) is 78.9 Å². The number of carbonyl (C=O) groups is 2. The summed E-state index contributed by atoms with van der Waals surface area (Å²) < 4.78 is 0. The van der Waals surface area contributed by atoms with Gasteiger partial charge in [0.15, 0.2) is 0 Å². The third-order valence-electron chi connectivity index (χ3n) is 4.94. The van der Waals surface area contributed by atoms with Gasteiger partial charge in [-0.1, -0.05) is 54.1 Å². The molecular formula is C23H19ClN2O2. The van der Waals surface area contributed by atoms with Crippen LogP contribution in [0.2, 0.25) is 5.02 Å². The van der Waals surface area contributed by atoms with Crippen molar-refractivity contribution in [3.8, 4) is 0 Å². The number of carbonyl (C=O) groups excluding carboxylic acids is 2. The zero-order valence-electron chi connectivity index (χ0n) is 15.4. The van der Waals surface area contributed by atoms with Crippen molar-refractivity contribution in [2.24, 2.45) is 0 Å². The first-order valence-electron chi connectivity index (χ1n) is 9.10. The third kappa shape index (κ3) is 3.27. The Balaban J connectivity index is 1.74. The molecule has 0 N–H and O–H groups in total. The van der Waals surface area contributed by atoms with E-state index in [0.29, 0.717) is 17.1 Å². The molecule has 1 heterocycles. The molecule has 0 bridgehead atoms. The quantitative estimate of drug-likeness (QED) is 0.636. The molecule has 0 aromatic heterocycles. The molecule has 0 aliphatic carbocycles. The smallest absolute Gasteiger partial charge is 0.259 e. The molecule has 4 rings (SSSR count). The lowest BCUT2D eigenvalue weighted by Crippen LogP contribution is -2.54. The Kier molecular flexibility index (Phi) is 4.88. The maximum absolute atomic E-state index is 13.2. The monoisotopic (exact) mass is 390 g/mol. The predicted molar refractivity (Wildman–Crippen MR) is 112 cm³/mol. The zero-order chi connectivity index (χ0) is 19.7. The number of anilines is 2. The lowest BCUT2D eigenvalue weighted by molar-refractivity contribution is -0.119. The minimum absolute atomic E-state index is 0.113. The van der Waals surface area contributed by atoms with Gasteiger partial charge in [-0.3, -0.25) is 14.5 Å². The maximum Gasteiger partial charge on any atom is 0.259 e. The first-order valence-corrected chi connectivity index (χ1v) is 9.47. The first-order chi connectivity index (χ1) is 13.6. The molecule has 1 unspecified atom stereocenters. The molecule has 1 atom stereocenters. The van der Waals surface area contributed by atoms with Crippen LogP contribution in [0, 0.1) is 0 Å². The number of amides is 2. The summed E-state index contributed by atoms with van der Waals surface area (Å²) in [6.07, 6.45) is 0. The van der Waals surface area contributed by atoms with E-state index in [4.69, 9.17) is 11.6 Å². The van der Waals surface area contributed by atoms with Crippen LogP contribution in [0.5, 0.6) is 0 Å². The number of para-hydroxylation sites is 2. The van der Waals surface area contributed by atoms with E-state index < -0.39 is 6.04 Å². The van der Waals surface area contributed by atoms with Gasteiger partial charge in [-0.2, -0.15) is 0 Å². The largest absolute Gasteiger partial charge is 0.304 e. The van der Waals surface area contributed by atoms with Crippen molar-refractivity contribution in [1.82, 2.24) is 0 Å². The maximum atomic E-state index is 13.2. The molecule has 3 aromatic carbocycles.